The van der Waals surface area contributed by atoms with Gasteiger partial charge in [-0.05, 0) is 36.8 Å². The number of hydrogen-bond donors (Lipinski definition) is 2. The molecule has 4 nitrogen and oxygen atoms in total. The Hall–Kier alpha value is -2.49. The summed E-state index contributed by atoms with van der Waals surface area (Å²) in [7, 11) is 1.91. The Labute approximate surface area is 110 Å². The number of nitrogens with zero attached hydrogens (tertiary/aromatic N) is 2. The van der Waals surface area contributed by atoms with Gasteiger partial charge in [0, 0.05) is 13.1 Å². The van der Waals surface area contributed by atoms with Crippen molar-refractivity contribution in [3.63, 3.8) is 0 Å². The summed E-state index contributed by atoms with van der Waals surface area (Å²) in [6.07, 6.45) is 0. The highest BCUT2D eigenvalue weighted by Gasteiger charge is 2.13. The predicted octanol–water partition coefficient (Wildman–Crippen LogP) is 2.96. The molecule has 0 atom stereocenters. The first-order valence-electron chi connectivity index (χ1n) is 6.01. The molecule has 1 heterocycles. The number of aromatic hydroxyl groups is 2. The normalized spacial score (nSPS) is 11.1. The first kappa shape index (κ1) is 11.6. The maximum absolute atomic E-state index is 9.94. The van der Waals surface area contributed by atoms with Gasteiger partial charge in [-0.25, -0.2) is 4.98 Å². The van der Waals surface area contributed by atoms with Crippen molar-refractivity contribution in [1.82, 2.24) is 9.55 Å². The number of aromatic nitrogens is 2. The Balaban J connectivity index is 2.27. The van der Waals surface area contributed by atoms with Crippen LogP contribution in [0.15, 0.2) is 36.4 Å². The quantitative estimate of drug-likeness (QED) is 0.702. The van der Waals surface area contributed by atoms with Gasteiger partial charge in [0.1, 0.15) is 17.3 Å². The van der Waals surface area contributed by atoms with E-state index >= 15 is 0 Å². The monoisotopic (exact) mass is 254 g/mol. The summed E-state index contributed by atoms with van der Waals surface area (Å²) in [5, 5.41) is 19.3. The largest absolute Gasteiger partial charge is 0.508 e. The number of phenols is 2. The topological polar surface area (TPSA) is 58.3 Å². The number of rotatable bonds is 1. The number of benzene rings is 2. The highest BCUT2D eigenvalue weighted by Crippen LogP contribution is 2.33. The van der Waals surface area contributed by atoms with E-state index in [2.05, 4.69) is 4.98 Å². The SMILES string of the molecule is Cc1ccc2c(c1)nc(-c1ccc(O)cc1O)n2C. The number of hydrogen-bond acceptors (Lipinski definition) is 3. The van der Waals surface area contributed by atoms with Gasteiger partial charge in [-0.2, -0.15) is 0 Å². The lowest BCUT2D eigenvalue weighted by atomic mass is 10.2. The molecule has 19 heavy (non-hydrogen) atoms. The van der Waals surface area contributed by atoms with Gasteiger partial charge < -0.3 is 14.8 Å². The molecular formula is C15H14N2O2. The molecule has 2 aromatic carbocycles. The molecule has 0 saturated carbocycles. The molecule has 96 valence electrons. The molecular weight excluding hydrogens is 240 g/mol. The van der Waals surface area contributed by atoms with Crippen molar-refractivity contribution in [2.75, 3.05) is 0 Å². The zero-order valence-electron chi connectivity index (χ0n) is 10.8. The van der Waals surface area contributed by atoms with E-state index in [0.717, 1.165) is 16.6 Å². The van der Waals surface area contributed by atoms with E-state index in [1.54, 1.807) is 12.1 Å². The molecule has 0 aliphatic heterocycles. The fourth-order valence-electron chi connectivity index (χ4n) is 2.26. The second-order valence-corrected chi connectivity index (χ2v) is 4.69. The number of imidazole rings is 1. The van der Waals surface area contributed by atoms with Gasteiger partial charge in [-0.3, -0.25) is 0 Å². The fourth-order valence-corrected chi connectivity index (χ4v) is 2.26. The highest BCUT2D eigenvalue weighted by atomic mass is 16.3. The third-order valence-corrected chi connectivity index (χ3v) is 3.26. The van der Waals surface area contributed by atoms with Gasteiger partial charge in [0.25, 0.3) is 0 Å². The van der Waals surface area contributed by atoms with Gasteiger partial charge in [-0.1, -0.05) is 6.07 Å². The summed E-state index contributed by atoms with van der Waals surface area (Å²) >= 11 is 0. The zero-order valence-corrected chi connectivity index (χ0v) is 10.8. The minimum Gasteiger partial charge on any atom is -0.508 e. The maximum atomic E-state index is 9.94. The van der Waals surface area contributed by atoms with Crippen LogP contribution in [-0.4, -0.2) is 19.8 Å². The van der Waals surface area contributed by atoms with E-state index in [0.29, 0.717) is 11.4 Å². The van der Waals surface area contributed by atoms with Crippen molar-refractivity contribution in [1.29, 1.82) is 0 Å². The average molecular weight is 254 g/mol. The summed E-state index contributed by atoms with van der Waals surface area (Å²) in [6.45, 7) is 2.02. The van der Waals surface area contributed by atoms with E-state index in [9.17, 15) is 10.2 Å². The first-order chi connectivity index (χ1) is 9.06. The second kappa shape index (κ2) is 4.02. The van der Waals surface area contributed by atoms with Gasteiger partial charge >= 0.3 is 0 Å². The van der Waals surface area contributed by atoms with Crippen molar-refractivity contribution in [3.8, 4) is 22.9 Å². The summed E-state index contributed by atoms with van der Waals surface area (Å²) in [5.41, 5.74) is 3.65. The minimum absolute atomic E-state index is 0.0233. The fraction of sp³-hybridized carbons (Fsp3) is 0.133. The molecule has 3 rings (SSSR count). The molecule has 0 aliphatic carbocycles. The van der Waals surface area contributed by atoms with E-state index in [-0.39, 0.29) is 11.5 Å². The van der Waals surface area contributed by atoms with Crippen molar-refractivity contribution in [3.05, 3.63) is 42.0 Å². The lowest BCUT2D eigenvalue weighted by Gasteiger charge is -2.05. The minimum atomic E-state index is 0.0233. The molecule has 2 N–H and O–H groups in total. The summed E-state index contributed by atoms with van der Waals surface area (Å²) in [4.78, 5) is 4.56. The predicted molar refractivity (Wildman–Crippen MR) is 74.2 cm³/mol. The van der Waals surface area contributed by atoms with Gasteiger partial charge in [0.15, 0.2) is 0 Å². The molecule has 1 aromatic heterocycles. The van der Waals surface area contributed by atoms with E-state index < -0.39 is 0 Å². The Kier molecular flexibility index (Phi) is 2.45. The third-order valence-electron chi connectivity index (χ3n) is 3.26. The molecule has 3 aromatic rings. The zero-order chi connectivity index (χ0) is 13.6. The Morgan fingerprint density at radius 1 is 1.05 bits per heavy atom. The molecule has 0 amide bonds. The Morgan fingerprint density at radius 2 is 1.84 bits per heavy atom. The number of aryl methyl sites for hydroxylation is 2. The van der Waals surface area contributed by atoms with Crippen molar-refractivity contribution >= 4 is 11.0 Å². The standard InChI is InChI=1S/C15H14N2O2/c1-9-3-6-13-12(7-9)16-15(17(13)2)11-5-4-10(18)8-14(11)19/h3-8,18-19H,1-2H3. The van der Waals surface area contributed by atoms with Crippen molar-refractivity contribution in [2.24, 2.45) is 7.05 Å². The van der Waals surface area contributed by atoms with E-state index in [1.165, 1.54) is 6.07 Å². The Bertz CT molecular complexity index is 775. The number of fused-ring (bicyclic) bond motifs is 1. The van der Waals surface area contributed by atoms with Crippen LogP contribution in [0.25, 0.3) is 22.4 Å². The average Bonchev–Trinajstić information content (AvgIpc) is 2.66. The van der Waals surface area contributed by atoms with Crippen molar-refractivity contribution in [2.45, 2.75) is 6.92 Å². The lowest BCUT2D eigenvalue weighted by molar-refractivity contribution is 0.451. The van der Waals surface area contributed by atoms with Crippen LogP contribution in [-0.2, 0) is 7.05 Å². The van der Waals surface area contributed by atoms with Gasteiger partial charge in [0.05, 0.1) is 16.6 Å². The van der Waals surface area contributed by atoms with Crippen LogP contribution in [0.1, 0.15) is 5.56 Å². The summed E-state index contributed by atoms with van der Waals surface area (Å²) in [5.74, 6) is 0.740. The van der Waals surface area contributed by atoms with Gasteiger partial charge in [0.2, 0.25) is 0 Å². The van der Waals surface area contributed by atoms with Crippen LogP contribution < -0.4 is 0 Å². The molecule has 0 fully saturated rings. The van der Waals surface area contributed by atoms with Crippen molar-refractivity contribution < 1.29 is 10.2 Å². The van der Waals surface area contributed by atoms with E-state index in [1.807, 2.05) is 36.7 Å². The van der Waals surface area contributed by atoms with Gasteiger partial charge in [-0.15, -0.1) is 0 Å². The molecule has 0 radical (unpaired) electrons. The molecule has 0 unspecified atom stereocenters. The number of phenolic OH excluding ortho intramolecular Hbond substituents is 2. The molecule has 0 bridgehead atoms. The lowest BCUT2D eigenvalue weighted by Crippen LogP contribution is -1.92. The van der Waals surface area contributed by atoms with Crippen LogP contribution in [0.3, 0.4) is 0 Å². The first-order valence-corrected chi connectivity index (χ1v) is 6.01. The van der Waals surface area contributed by atoms with E-state index in [4.69, 9.17) is 0 Å². The smallest absolute Gasteiger partial charge is 0.144 e. The summed E-state index contributed by atoms with van der Waals surface area (Å²) < 4.78 is 1.93. The molecule has 0 spiro atoms. The Morgan fingerprint density at radius 3 is 2.58 bits per heavy atom. The van der Waals surface area contributed by atoms with Crippen LogP contribution in [0, 0.1) is 6.92 Å². The van der Waals surface area contributed by atoms with Crippen LogP contribution in [0.2, 0.25) is 0 Å². The molecule has 4 heteroatoms. The van der Waals surface area contributed by atoms with Crippen LogP contribution in [0.5, 0.6) is 11.5 Å². The third kappa shape index (κ3) is 1.81. The summed E-state index contributed by atoms with van der Waals surface area (Å²) in [6, 6.07) is 10.6. The maximum Gasteiger partial charge on any atom is 0.144 e. The highest BCUT2D eigenvalue weighted by molar-refractivity contribution is 5.82. The molecule has 0 aliphatic rings. The van der Waals surface area contributed by atoms with Crippen LogP contribution >= 0.6 is 0 Å². The molecule has 0 saturated heterocycles. The second-order valence-electron chi connectivity index (χ2n) is 4.69. The van der Waals surface area contributed by atoms with Crippen LogP contribution in [0.4, 0.5) is 0 Å².